The van der Waals surface area contributed by atoms with E-state index in [1.165, 1.54) is 4.90 Å². The van der Waals surface area contributed by atoms with Crippen molar-refractivity contribution in [2.24, 2.45) is 0 Å². The van der Waals surface area contributed by atoms with Gasteiger partial charge in [0.05, 0.1) is 17.0 Å². The maximum absolute atomic E-state index is 11.7. The van der Waals surface area contributed by atoms with Gasteiger partial charge in [-0.3, -0.25) is 9.10 Å². The third kappa shape index (κ3) is 3.61. The molecule has 0 saturated heterocycles. The first kappa shape index (κ1) is 14.8. The standard InChI is InChI=1S/C11H15ClN2O3S/c1-13(2)11(15)8-14(18(3,16)17)10-7-5-4-6-9(10)12/h4-7H,8H2,1-3H3. The van der Waals surface area contributed by atoms with Crippen molar-refractivity contribution >= 4 is 33.2 Å². The van der Waals surface area contributed by atoms with Crippen molar-refractivity contribution in [3.8, 4) is 0 Å². The number of carbonyl (C=O) groups is 1. The summed E-state index contributed by atoms with van der Waals surface area (Å²) in [5.41, 5.74) is 0.303. The quantitative estimate of drug-likeness (QED) is 0.837. The highest BCUT2D eigenvalue weighted by atomic mass is 35.5. The van der Waals surface area contributed by atoms with Gasteiger partial charge in [-0.1, -0.05) is 23.7 Å². The van der Waals surface area contributed by atoms with E-state index in [0.717, 1.165) is 10.6 Å². The maximum atomic E-state index is 11.7. The minimum Gasteiger partial charge on any atom is -0.347 e. The zero-order valence-corrected chi connectivity index (χ0v) is 12.0. The molecule has 0 atom stereocenters. The van der Waals surface area contributed by atoms with Crippen LogP contribution in [0, 0.1) is 0 Å². The van der Waals surface area contributed by atoms with Gasteiger partial charge in [-0.05, 0) is 12.1 Å². The Hall–Kier alpha value is -1.27. The monoisotopic (exact) mass is 290 g/mol. The lowest BCUT2D eigenvalue weighted by atomic mass is 10.3. The SMILES string of the molecule is CN(C)C(=O)CN(c1ccccc1Cl)S(C)(=O)=O. The third-order valence-corrected chi connectivity index (χ3v) is 3.75. The predicted molar refractivity (Wildman–Crippen MR) is 72.3 cm³/mol. The number of amides is 1. The highest BCUT2D eigenvalue weighted by Gasteiger charge is 2.23. The van der Waals surface area contributed by atoms with E-state index in [1.807, 2.05) is 0 Å². The summed E-state index contributed by atoms with van der Waals surface area (Å²) in [4.78, 5) is 13.0. The van der Waals surface area contributed by atoms with E-state index in [-0.39, 0.29) is 17.5 Å². The molecule has 0 aliphatic heterocycles. The Labute approximate surface area is 112 Å². The van der Waals surface area contributed by atoms with Crippen LogP contribution in [0.25, 0.3) is 0 Å². The van der Waals surface area contributed by atoms with Crippen LogP contribution in [-0.2, 0) is 14.8 Å². The summed E-state index contributed by atoms with van der Waals surface area (Å²) < 4.78 is 24.5. The Kier molecular flexibility index (Phi) is 4.59. The van der Waals surface area contributed by atoms with Gasteiger partial charge >= 0.3 is 0 Å². The molecule has 1 aromatic rings. The van der Waals surface area contributed by atoms with Gasteiger partial charge in [0.1, 0.15) is 6.54 Å². The smallest absolute Gasteiger partial charge is 0.242 e. The molecule has 1 amide bonds. The number of benzene rings is 1. The van der Waals surface area contributed by atoms with Crippen molar-refractivity contribution in [1.82, 2.24) is 4.90 Å². The summed E-state index contributed by atoms with van der Waals surface area (Å²) >= 11 is 5.96. The fourth-order valence-corrected chi connectivity index (χ4v) is 2.45. The van der Waals surface area contributed by atoms with Gasteiger partial charge < -0.3 is 4.90 Å². The van der Waals surface area contributed by atoms with Crippen LogP contribution < -0.4 is 4.31 Å². The van der Waals surface area contributed by atoms with Gasteiger partial charge in [-0.15, -0.1) is 0 Å². The lowest BCUT2D eigenvalue weighted by Crippen LogP contribution is -2.40. The predicted octanol–water partition coefficient (Wildman–Crippen LogP) is 1.19. The lowest BCUT2D eigenvalue weighted by Gasteiger charge is -2.24. The number of para-hydroxylation sites is 1. The first-order valence-electron chi connectivity index (χ1n) is 5.16. The number of hydrogen-bond acceptors (Lipinski definition) is 3. The number of anilines is 1. The second kappa shape index (κ2) is 5.58. The Morgan fingerprint density at radius 1 is 1.28 bits per heavy atom. The van der Waals surface area contributed by atoms with Crippen molar-refractivity contribution in [2.45, 2.75) is 0 Å². The third-order valence-electron chi connectivity index (χ3n) is 2.30. The van der Waals surface area contributed by atoms with E-state index in [4.69, 9.17) is 11.6 Å². The first-order chi connectivity index (χ1) is 8.23. The van der Waals surface area contributed by atoms with E-state index in [0.29, 0.717) is 5.69 Å². The van der Waals surface area contributed by atoms with Crippen LogP contribution in [0.2, 0.25) is 5.02 Å². The largest absolute Gasteiger partial charge is 0.347 e. The zero-order valence-electron chi connectivity index (χ0n) is 10.4. The summed E-state index contributed by atoms with van der Waals surface area (Å²) in [6.07, 6.45) is 1.04. The minimum absolute atomic E-state index is 0.268. The van der Waals surface area contributed by atoms with Crippen molar-refractivity contribution < 1.29 is 13.2 Å². The van der Waals surface area contributed by atoms with Crippen molar-refractivity contribution in [1.29, 1.82) is 0 Å². The molecule has 18 heavy (non-hydrogen) atoms. The molecule has 0 bridgehead atoms. The highest BCUT2D eigenvalue weighted by molar-refractivity contribution is 7.92. The zero-order chi connectivity index (χ0) is 13.9. The van der Waals surface area contributed by atoms with Crippen LogP contribution >= 0.6 is 11.6 Å². The summed E-state index contributed by atoms with van der Waals surface area (Å²) in [5, 5.41) is 0.287. The number of halogens is 1. The Morgan fingerprint density at radius 3 is 2.28 bits per heavy atom. The van der Waals surface area contributed by atoms with Gasteiger partial charge in [0.15, 0.2) is 0 Å². The molecule has 0 spiro atoms. The van der Waals surface area contributed by atoms with Gasteiger partial charge in [-0.2, -0.15) is 0 Å². The summed E-state index contributed by atoms with van der Waals surface area (Å²) in [7, 11) is -0.438. The molecule has 5 nitrogen and oxygen atoms in total. The molecule has 0 aromatic heterocycles. The molecule has 0 fully saturated rings. The molecule has 0 N–H and O–H groups in total. The van der Waals surface area contributed by atoms with Crippen LogP contribution in [0.1, 0.15) is 0 Å². The topological polar surface area (TPSA) is 57.7 Å². The minimum atomic E-state index is -3.57. The number of rotatable bonds is 4. The molecule has 0 aliphatic rings. The number of likely N-dealkylation sites (N-methyl/N-ethyl adjacent to an activating group) is 1. The Bertz CT molecular complexity index is 543. The summed E-state index contributed by atoms with van der Waals surface area (Å²) in [6.45, 7) is -0.268. The van der Waals surface area contributed by atoms with E-state index in [1.54, 1.807) is 38.4 Å². The van der Waals surface area contributed by atoms with Gasteiger partial charge in [-0.25, -0.2) is 8.42 Å². The Morgan fingerprint density at radius 2 is 1.83 bits per heavy atom. The van der Waals surface area contributed by atoms with Crippen molar-refractivity contribution in [2.75, 3.05) is 31.2 Å². The second-order valence-corrected chi connectivity index (χ2v) is 6.32. The average molecular weight is 291 g/mol. The van der Waals surface area contributed by atoms with Gasteiger partial charge in [0.2, 0.25) is 15.9 Å². The fraction of sp³-hybridized carbons (Fsp3) is 0.364. The van der Waals surface area contributed by atoms with Crippen LogP contribution in [0.5, 0.6) is 0 Å². The normalized spacial score (nSPS) is 11.1. The van der Waals surface area contributed by atoms with E-state index in [9.17, 15) is 13.2 Å². The van der Waals surface area contributed by atoms with E-state index in [2.05, 4.69) is 0 Å². The first-order valence-corrected chi connectivity index (χ1v) is 7.38. The number of hydrogen-bond donors (Lipinski definition) is 0. The number of nitrogens with zero attached hydrogens (tertiary/aromatic N) is 2. The van der Waals surface area contributed by atoms with E-state index < -0.39 is 10.0 Å². The molecular formula is C11H15ClN2O3S. The molecule has 1 aromatic carbocycles. The van der Waals surface area contributed by atoms with Crippen LogP contribution in [0.4, 0.5) is 5.69 Å². The molecule has 0 saturated carbocycles. The molecule has 7 heteroatoms. The van der Waals surface area contributed by atoms with E-state index >= 15 is 0 Å². The molecule has 1 rings (SSSR count). The second-order valence-electron chi connectivity index (χ2n) is 4.01. The average Bonchev–Trinajstić information content (AvgIpc) is 2.25. The highest BCUT2D eigenvalue weighted by Crippen LogP contribution is 2.26. The summed E-state index contributed by atoms with van der Waals surface area (Å²) in [5.74, 6) is -0.319. The van der Waals surface area contributed by atoms with Gasteiger partial charge in [0.25, 0.3) is 0 Å². The Balaban J connectivity index is 3.16. The fourth-order valence-electron chi connectivity index (χ4n) is 1.30. The van der Waals surface area contributed by atoms with Crippen molar-refractivity contribution in [3.05, 3.63) is 29.3 Å². The van der Waals surface area contributed by atoms with Gasteiger partial charge in [0, 0.05) is 14.1 Å². The molecule has 0 radical (unpaired) electrons. The molecule has 0 aliphatic carbocycles. The van der Waals surface area contributed by atoms with Crippen LogP contribution in [0.3, 0.4) is 0 Å². The molecule has 100 valence electrons. The summed E-state index contributed by atoms with van der Waals surface area (Å²) in [6, 6.07) is 6.50. The molecule has 0 heterocycles. The van der Waals surface area contributed by atoms with Crippen LogP contribution in [-0.4, -0.2) is 46.1 Å². The molecular weight excluding hydrogens is 276 g/mol. The number of sulfonamides is 1. The lowest BCUT2D eigenvalue weighted by molar-refractivity contribution is -0.127. The van der Waals surface area contributed by atoms with Crippen LogP contribution in [0.15, 0.2) is 24.3 Å². The van der Waals surface area contributed by atoms with Crippen molar-refractivity contribution in [3.63, 3.8) is 0 Å². The number of carbonyl (C=O) groups excluding carboxylic acids is 1. The maximum Gasteiger partial charge on any atom is 0.242 e. The molecule has 0 unspecified atom stereocenters.